The molecule has 110 valence electrons. The summed E-state index contributed by atoms with van der Waals surface area (Å²) in [6.45, 7) is 0. The van der Waals surface area contributed by atoms with Crippen molar-refractivity contribution in [2.24, 2.45) is 30.2 Å². The lowest BCUT2D eigenvalue weighted by molar-refractivity contribution is -0.0727. The molecule has 0 spiro atoms. The van der Waals surface area contributed by atoms with Crippen LogP contribution in [0.4, 0.5) is 0 Å². The lowest BCUT2D eigenvalue weighted by Gasteiger charge is -2.59. The number of nitrogens with one attached hydrogen (secondary N) is 1. The van der Waals surface area contributed by atoms with Crippen molar-refractivity contribution >= 4 is 0 Å². The van der Waals surface area contributed by atoms with E-state index in [0.717, 1.165) is 30.0 Å². The fourth-order valence-electron chi connectivity index (χ4n) is 5.82. The van der Waals surface area contributed by atoms with Crippen molar-refractivity contribution < 1.29 is 0 Å². The summed E-state index contributed by atoms with van der Waals surface area (Å²) in [6, 6.07) is 0.514. The molecule has 0 aromatic carbocycles. The van der Waals surface area contributed by atoms with Crippen LogP contribution in [0.1, 0.15) is 44.3 Å². The van der Waals surface area contributed by atoms with Crippen LogP contribution < -0.4 is 5.32 Å². The molecule has 5 rings (SSSR count). The predicted octanol–water partition coefficient (Wildman–Crippen LogP) is 1.56. The van der Waals surface area contributed by atoms with E-state index in [2.05, 4.69) is 27.8 Å². The molecular weight excluding hydrogens is 250 g/mol. The van der Waals surface area contributed by atoms with Gasteiger partial charge in [0.2, 0.25) is 0 Å². The van der Waals surface area contributed by atoms with Crippen molar-refractivity contribution in [3.8, 4) is 0 Å². The van der Waals surface area contributed by atoms with Crippen LogP contribution in [0.25, 0.3) is 0 Å². The number of tetrazole rings is 1. The molecule has 4 saturated carbocycles. The average molecular weight is 275 g/mol. The molecule has 5 nitrogen and oxygen atoms in total. The van der Waals surface area contributed by atoms with Crippen LogP contribution in [-0.2, 0) is 13.5 Å². The fourth-order valence-corrected chi connectivity index (χ4v) is 5.82. The van der Waals surface area contributed by atoms with E-state index in [1.165, 1.54) is 38.5 Å². The number of hydrogen-bond acceptors (Lipinski definition) is 4. The molecule has 0 aliphatic heterocycles. The molecular formula is C15H25N5. The molecule has 1 heterocycles. The van der Waals surface area contributed by atoms with Gasteiger partial charge >= 0.3 is 0 Å². The maximum Gasteiger partial charge on any atom is 0.176 e. The zero-order chi connectivity index (χ0) is 13.7. The maximum atomic E-state index is 4.38. The van der Waals surface area contributed by atoms with Gasteiger partial charge in [0.1, 0.15) is 0 Å². The van der Waals surface area contributed by atoms with E-state index in [4.69, 9.17) is 0 Å². The van der Waals surface area contributed by atoms with Gasteiger partial charge in [-0.3, -0.25) is 0 Å². The smallest absolute Gasteiger partial charge is 0.176 e. The van der Waals surface area contributed by atoms with Gasteiger partial charge in [0.25, 0.3) is 0 Å². The monoisotopic (exact) mass is 275 g/mol. The predicted molar refractivity (Wildman–Crippen MR) is 76.0 cm³/mol. The number of nitrogens with zero attached hydrogens (tertiary/aromatic N) is 4. The van der Waals surface area contributed by atoms with Crippen molar-refractivity contribution in [2.45, 2.75) is 51.0 Å². The third-order valence-electron chi connectivity index (χ3n) is 6.11. The number of aryl methyl sites for hydroxylation is 1. The number of rotatable bonds is 4. The molecule has 5 heteroatoms. The Hall–Kier alpha value is -0.970. The van der Waals surface area contributed by atoms with E-state index in [0.29, 0.717) is 11.5 Å². The second kappa shape index (κ2) is 4.52. The van der Waals surface area contributed by atoms with Crippen LogP contribution in [0, 0.1) is 23.2 Å². The van der Waals surface area contributed by atoms with E-state index < -0.39 is 0 Å². The first kappa shape index (κ1) is 12.7. The summed E-state index contributed by atoms with van der Waals surface area (Å²) < 4.78 is 0. The maximum absolute atomic E-state index is 4.38. The standard InChI is InChI=1S/C15H25N5/c1-16-13(6-14-17-19-20(2)18-14)15-7-10-3-11(8-15)5-12(4-10)9-15/h10-13,16H,3-9H2,1-2H3. The molecule has 1 aromatic rings. The van der Waals surface area contributed by atoms with Gasteiger partial charge in [0, 0.05) is 12.5 Å². The van der Waals surface area contributed by atoms with E-state index in [1.54, 1.807) is 4.80 Å². The van der Waals surface area contributed by atoms with Crippen LogP contribution in [0.5, 0.6) is 0 Å². The van der Waals surface area contributed by atoms with E-state index in [-0.39, 0.29) is 0 Å². The zero-order valence-electron chi connectivity index (χ0n) is 12.5. The van der Waals surface area contributed by atoms with Gasteiger partial charge in [-0.05, 0) is 74.0 Å². The summed E-state index contributed by atoms with van der Waals surface area (Å²) in [4.78, 5) is 1.57. The summed E-state index contributed by atoms with van der Waals surface area (Å²) in [5, 5.41) is 16.2. The van der Waals surface area contributed by atoms with Crippen molar-refractivity contribution in [1.82, 2.24) is 25.5 Å². The minimum absolute atomic E-state index is 0.503. The SMILES string of the molecule is CNC(Cc1nnn(C)n1)C12CC3CC(CC(C3)C1)C2. The summed E-state index contributed by atoms with van der Waals surface area (Å²) in [6.07, 6.45) is 9.69. The highest BCUT2D eigenvalue weighted by molar-refractivity contribution is 5.07. The molecule has 1 aromatic heterocycles. The summed E-state index contributed by atoms with van der Waals surface area (Å²) >= 11 is 0. The van der Waals surface area contributed by atoms with E-state index >= 15 is 0 Å². The molecule has 4 aliphatic rings. The van der Waals surface area contributed by atoms with Crippen LogP contribution in [0.2, 0.25) is 0 Å². The Bertz CT molecular complexity index is 459. The van der Waals surface area contributed by atoms with Gasteiger partial charge in [0.05, 0.1) is 7.05 Å². The lowest BCUT2D eigenvalue weighted by atomic mass is 9.47. The van der Waals surface area contributed by atoms with Crippen molar-refractivity contribution in [2.75, 3.05) is 7.05 Å². The fraction of sp³-hybridized carbons (Fsp3) is 0.933. The molecule has 4 aliphatic carbocycles. The first-order chi connectivity index (χ1) is 9.67. The third-order valence-corrected chi connectivity index (χ3v) is 6.11. The molecule has 20 heavy (non-hydrogen) atoms. The second-order valence-corrected chi connectivity index (χ2v) is 7.52. The van der Waals surface area contributed by atoms with Gasteiger partial charge in [-0.2, -0.15) is 4.80 Å². The number of aromatic nitrogens is 4. The van der Waals surface area contributed by atoms with E-state index in [9.17, 15) is 0 Å². The second-order valence-electron chi connectivity index (χ2n) is 7.52. The van der Waals surface area contributed by atoms with Gasteiger partial charge in [0.15, 0.2) is 5.82 Å². The Morgan fingerprint density at radius 1 is 1.20 bits per heavy atom. The van der Waals surface area contributed by atoms with E-state index in [1.807, 2.05) is 7.05 Å². The topological polar surface area (TPSA) is 55.6 Å². The van der Waals surface area contributed by atoms with Crippen LogP contribution in [-0.4, -0.2) is 33.3 Å². The lowest BCUT2D eigenvalue weighted by Crippen LogP contribution is -2.56. The molecule has 0 radical (unpaired) electrons. The minimum Gasteiger partial charge on any atom is -0.316 e. The van der Waals surface area contributed by atoms with Crippen molar-refractivity contribution in [3.63, 3.8) is 0 Å². The Kier molecular flexibility index (Phi) is 2.88. The first-order valence-electron chi connectivity index (χ1n) is 8.07. The highest BCUT2D eigenvalue weighted by Gasteiger charge is 2.53. The van der Waals surface area contributed by atoms with Gasteiger partial charge < -0.3 is 5.32 Å². The highest BCUT2D eigenvalue weighted by atomic mass is 15.6. The molecule has 1 atom stereocenters. The average Bonchev–Trinajstić information content (AvgIpc) is 2.80. The van der Waals surface area contributed by atoms with Gasteiger partial charge in [-0.15, -0.1) is 10.2 Å². The molecule has 4 bridgehead atoms. The summed E-state index contributed by atoms with van der Waals surface area (Å²) in [7, 11) is 3.95. The first-order valence-corrected chi connectivity index (χ1v) is 8.07. The van der Waals surface area contributed by atoms with Crippen molar-refractivity contribution in [3.05, 3.63) is 5.82 Å². The molecule has 4 fully saturated rings. The van der Waals surface area contributed by atoms with Gasteiger partial charge in [-0.1, -0.05) is 0 Å². The number of hydrogen-bond donors (Lipinski definition) is 1. The van der Waals surface area contributed by atoms with Crippen molar-refractivity contribution in [1.29, 1.82) is 0 Å². The molecule has 0 saturated heterocycles. The minimum atomic E-state index is 0.503. The Labute approximate surface area is 120 Å². The van der Waals surface area contributed by atoms with Crippen LogP contribution >= 0.6 is 0 Å². The summed E-state index contributed by atoms with van der Waals surface area (Å²) in [5.41, 5.74) is 0.503. The quantitative estimate of drug-likeness (QED) is 0.906. The normalized spacial score (nSPS) is 40.2. The Morgan fingerprint density at radius 3 is 2.25 bits per heavy atom. The third kappa shape index (κ3) is 1.98. The summed E-state index contributed by atoms with van der Waals surface area (Å²) in [5.74, 6) is 3.87. The van der Waals surface area contributed by atoms with Gasteiger partial charge in [-0.25, -0.2) is 0 Å². The molecule has 1 N–H and O–H groups in total. The Morgan fingerprint density at radius 2 is 1.80 bits per heavy atom. The Balaban J connectivity index is 1.57. The largest absolute Gasteiger partial charge is 0.316 e. The highest BCUT2D eigenvalue weighted by Crippen LogP contribution is 2.61. The molecule has 0 amide bonds. The zero-order valence-corrected chi connectivity index (χ0v) is 12.5. The number of likely N-dealkylation sites (N-methyl/N-ethyl adjacent to an activating group) is 1. The van der Waals surface area contributed by atoms with Crippen LogP contribution in [0.15, 0.2) is 0 Å². The molecule has 1 unspecified atom stereocenters. The van der Waals surface area contributed by atoms with Crippen LogP contribution in [0.3, 0.4) is 0 Å².